The molecule has 2 aromatic heterocycles. The van der Waals surface area contributed by atoms with Crippen LogP contribution in [0.15, 0.2) is 94.7 Å². The molecular weight excluding hydrogens is 504 g/mol. The summed E-state index contributed by atoms with van der Waals surface area (Å²) in [6.45, 7) is 0. The first-order chi connectivity index (χ1) is 18.3. The fourth-order valence-corrected chi connectivity index (χ4v) is 5.25. The van der Waals surface area contributed by atoms with Crippen molar-refractivity contribution in [2.45, 2.75) is 4.90 Å². The molecule has 5 aromatic rings. The molecular formula is C27H20N6O4S. The molecule has 10 nitrogen and oxygen atoms in total. The normalized spacial score (nSPS) is 11.2. The lowest BCUT2D eigenvalue weighted by Crippen LogP contribution is -2.23. The summed E-state index contributed by atoms with van der Waals surface area (Å²) < 4.78 is 35.3. The molecule has 0 atom stereocenters. The first kappa shape index (κ1) is 24.5. The average molecular weight is 525 g/mol. The van der Waals surface area contributed by atoms with Gasteiger partial charge in [0.2, 0.25) is 11.8 Å². The van der Waals surface area contributed by atoms with Gasteiger partial charge in [-0.25, -0.2) is 23.0 Å². The number of nitrogens with one attached hydrogen (secondary N) is 1. The third-order valence-corrected chi connectivity index (χ3v) is 7.25. The molecule has 0 aliphatic heterocycles. The highest BCUT2D eigenvalue weighted by molar-refractivity contribution is 7.92. The Bertz CT molecular complexity index is 1900. The quantitative estimate of drug-likeness (QED) is 0.341. The number of pyridine rings is 1. The van der Waals surface area contributed by atoms with Crippen molar-refractivity contribution in [2.24, 2.45) is 0 Å². The highest BCUT2D eigenvalue weighted by atomic mass is 32.2. The van der Waals surface area contributed by atoms with Crippen LogP contribution in [0.4, 0.5) is 11.6 Å². The summed E-state index contributed by atoms with van der Waals surface area (Å²) >= 11 is 0. The standard InChI is InChI=1S/C27H20N6O4S/c1-37-25-23(32-38(35,36)24-10-6-5-7-18(24)15-28)14-19(16-30-25)17-11-12-22-21(13-17)26(34)33(27(29)31-22)20-8-3-2-4-9-20/h2-14,16,32H,1H3,(H2,29,31). The van der Waals surface area contributed by atoms with Crippen LogP contribution in [-0.4, -0.2) is 30.1 Å². The zero-order valence-electron chi connectivity index (χ0n) is 20.0. The van der Waals surface area contributed by atoms with Crippen LogP contribution in [0.2, 0.25) is 0 Å². The number of ether oxygens (including phenoxy) is 1. The Kier molecular flexibility index (Phi) is 6.24. The molecule has 0 radical (unpaired) electrons. The molecule has 0 amide bonds. The number of hydrogen-bond donors (Lipinski definition) is 2. The van der Waals surface area contributed by atoms with Crippen molar-refractivity contribution in [3.63, 3.8) is 0 Å². The van der Waals surface area contributed by atoms with E-state index in [1.807, 2.05) is 12.1 Å². The van der Waals surface area contributed by atoms with Crippen molar-refractivity contribution in [2.75, 3.05) is 17.6 Å². The third kappa shape index (κ3) is 4.40. The van der Waals surface area contributed by atoms with Crippen LogP contribution in [0.25, 0.3) is 27.7 Å². The summed E-state index contributed by atoms with van der Waals surface area (Å²) in [6, 6.07) is 23.3. The molecule has 0 saturated heterocycles. The highest BCUT2D eigenvalue weighted by Crippen LogP contribution is 2.31. The van der Waals surface area contributed by atoms with Gasteiger partial charge in [0.05, 0.1) is 29.3 Å². The lowest BCUT2D eigenvalue weighted by atomic mass is 10.0. The van der Waals surface area contributed by atoms with E-state index in [-0.39, 0.29) is 33.5 Å². The number of nitrogens with two attached hydrogens (primary N) is 1. The topological polar surface area (TPSA) is 153 Å². The van der Waals surface area contributed by atoms with Gasteiger partial charge in [0.1, 0.15) is 16.7 Å². The molecule has 0 fully saturated rings. The van der Waals surface area contributed by atoms with Crippen LogP contribution < -0.4 is 20.8 Å². The van der Waals surface area contributed by atoms with E-state index in [4.69, 9.17) is 10.5 Å². The molecule has 0 aliphatic carbocycles. The van der Waals surface area contributed by atoms with Gasteiger partial charge in [-0.1, -0.05) is 36.4 Å². The summed E-state index contributed by atoms with van der Waals surface area (Å²) in [7, 11) is -2.78. The Labute approximate surface area is 217 Å². The van der Waals surface area contributed by atoms with Gasteiger partial charge >= 0.3 is 0 Å². The minimum atomic E-state index is -4.14. The minimum Gasteiger partial charge on any atom is -0.480 e. The second kappa shape index (κ2) is 9.68. The van der Waals surface area contributed by atoms with Crippen molar-refractivity contribution >= 4 is 32.6 Å². The monoisotopic (exact) mass is 524 g/mol. The first-order valence-electron chi connectivity index (χ1n) is 11.3. The number of nitrogen functional groups attached to an aromatic ring is 1. The molecule has 0 unspecified atom stereocenters. The second-order valence-electron chi connectivity index (χ2n) is 8.17. The van der Waals surface area contributed by atoms with Gasteiger partial charge < -0.3 is 10.5 Å². The number of aromatic nitrogens is 3. The number of para-hydroxylation sites is 1. The lowest BCUT2D eigenvalue weighted by molar-refractivity contribution is 0.400. The highest BCUT2D eigenvalue weighted by Gasteiger charge is 2.21. The Morgan fingerprint density at radius 2 is 1.74 bits per heavy atom. The summed E-state index contributed by atoms with van der Waals surface area (Å²) in [5, 5.41) is 9.66. The maximum absolute atomic E-state index is 13.4. The van der Waals surface area contributed by atoms with E-state index in [2.05, 4.69) is 14.7 Å². The van der Waals surface area contributed by atoms with Crippen LogP contribution in [-0.2, 0) is 10.0 Å². The summed E-state index contributed by atoms with van der Waals surface area (Å²) in [5.41, 5.74) is 7.91. The molecule has 0 aliphatic rings. The molecule has 0 bridgehead atoms. The van der Waals surface area contributed by atoms with E-state index < -0.39 is 10.0 Å². The number of anilines is 2. The van der Waals surface area contributed by atoms with Gasteiger partial charge in [-0.05, 0) is 48.0 Å². The van der Waals surface area contributed by atoms with Gasteiger partial charge in [-0.2, -0.15) is 5.26 Å². The SMILES string of the molecule is COc1ncc(-c2ccc3nc(N)n(-c4ccccc4)c(=O)c3c2)cc1NS(=O)(=O)c1ccccc1C#N. The molecule has 5 rings (SSSR count). The Morgan fingerprint density at radius 1 is 1.00 bits per heavy atom. The van der Waals surface area contributed by atoms with Crippen LogP contribution in [0.1, 0.15) is 5.56 Å². The molecule has 0 spiro atoms. The number of benzene rings is 3. The van der Waals surface area contributed by atoms with E-state index in [1.165, 1.54) is 36.1 Å². The van der Waals surface area contributed by atoms with E-state index in [0.717, 1.165) is 0 Å². The predicted molar refractivity (Wildman–Crippen MR) is 144 cm³/mol. The third-order valence-electron chi connectivity index (χ3n) is 5.83. The number of methoxy groups -OCH3 is 1. The second-order valence-corrected chi connectivity index (χ2v) is 9.82. The summed E-state index contributed by atoms with van der Waals surface area (Å²) in [5.74, 6) is 0.0929. The molecule has 3 N–H and O–H groups in total. The molecule has 3 aromatic carbocycles. The number of fused-ring (bicyclic) bond motifs is 1. The fraction of sp³-hybridized carbons (Fsp3) is 0.0370. The summed E-state index contributed by atoms with van der Waals surface area (Å²) in [4.78, 5) is 21.8. The maximum Gasteiger partial charge on any atom is 0.267 e. The largest absolute Gasteiger partial charge is 0.480 e. The Hall–Kier alpha value is -5.21. The molecule has 0 saturated carbocycles. The molecule has 38 heavy (non-hydrogen) atoms. The zero-order chi connectivity index (χ0) is 26.9. The van der Waals surface area contributed by atoms with Crippen molar-refractivity contribution in [1.82, 2.24) is 14.5 Å². The Balaban J connectivity index is 1.60. The number of sulfonamides is 1. The van der Waals surface area contributed by atoms with Crippen LogP contribution in [0, 0.1) is 11.3 Å². The number of nitrogens with zero attached hydrogens (tertiary/aromatic N) is 4. The van der Waals surface area contributed by atoms with Crippen LogP contribution in [0.3, 0.4) is 0 Å². The molecule has 2 heterocycles. The first-order valence-corrected chi connectivity index (χ1v) is 12.7. The van der Waals surface area contributed by atoms with Crippen LogP contribution in [0.5, 0.6) is 5.88 Å². The van der Waals surface area contributed by atoms with E-state index in [1.54, 1.807) is 54.6 Å². The lowest BCUT2D eigenvalue weighted by Gasteiger charge is -2.14. The van der Waals surface area contributed by atoms with Gasteiger partial charge in [-0.15, -0.1) is 0 Å². The zero-order valence-corrected chi connectivity index (χ0v) is 20.8. The maximum atomic E-state index is 13.4. The van der Waals surface area contributed by atoms with Crippen LogP contribution >= 0.6 is 0 Å². The van der Waals surface area contributed by atoms with Crippen molar-refractivity contribution in [3.8, 4) is 28.8 Å². The number of rotatable bonds is 6. The fourth-order valence-electron chi connectivity index (χ4n) is 4.05. The minimum absolute atomic E-state index is 0.000853. The summed E-state index contributed by atoms with van der Waals surface area (Å²) in [6.07, 6.45) is 1.50. The number of hydrogen-bond acceptors (Lipinski definition) is 8. The van der Waals surface area contributed by atoms with Crippen molar-refractivity contribution < 1.29 is 13.2 Å². The van der Waals surface area contributed by atoms with E-state index >= 15 is 0 Å². The van der Waals surface area contributed by atoms with Gasteiger partial charge in [-0.3, -0.25) is 9.52 Å². The average Bonchev–Trinajstić information content (AvgIpc) is 2.93. The Morgan fingerprint density at radius 3 is 2.47 bits per heavy atom. The van der Waals surface area contributed by atoms with Gasteiger partial charge in [0, 0.05) is 11.8 Å². The van der Waals surface area contributed by atoms with E-state index in [9.17, 15) is 18.5 Å². The molecule has 11 heteroatoms. The van der Waals surface area contributed by atoms with Gasteiger partial charge in [0.15, 0.2) is 0 Å². The van der Waals surface area contributed by atoms with Crippen molar-refractivity contribution in [1.29, 1.82) is 5.26 Å². The predicted octanol–water partition coefficient (Wildman–Crippen LogP) is 3.71. The van der Waals surface area contributed by atoms with E-state index in [0.29, 0.717) is 27.7 Å². The molecule has 188 valence electrons. The van der Waals surface area contributed by atoms with Crippen molar-refractivity contribution in [3.05, 3.63) is 101 Å². The number of nitriles is 1. The smallest absolute Gasteiger partial charge is 0.267 e. The van der Waals surface area contributed by atoms with Gasteiger partial charge in [0.25, 0.3) is 15.6 Å².